The van der Waals surface area contributed by atoms with Crippen LogP contribution in [0.4, 0.5) is 0 Å². The van der Waals surface area contributed by atoms with Crippen molar-refractivity contribution < 1.29 is 19.4 Å². The van der Waals surface area contributed by atoms with Crippen molar-refractivity contribution >= 4 is 5.97 Å². The van der Waals surface area contributed by atoms with Gasteiger partial charge in [0.05, 0.1) is 18.8 Å². The van der Waals surface area contributed by atoms with Crippen molar-refractivity contribution in [3.05, 3.63) is 60.2 Å². The predicted molar refractivity (Wildman–Crippen MR) is 139 cm³/mol. The first kappa shape index (κ1) is 25.9. The van der Waals surface area contributed by atoms with Crippen molar-refractivity contribution in [3.63, 3.8) is 0 Å². The van der Waals surface area contributed by atoms with Gasteiger partial charge in [0.1, 0.15) is 0 Å². The lowest BCUT2D eigenvalue weighted by Crippen LogP contribution is -2.47. The van der Waals surface area contributed by atoms with E-state index in [0.717, 1.165) is 45.1 Å². The Labute approximate surface area is 210 Å². The van der Waals surface area contributed by atoms with Crippen molar-refractivity contribution in [3.8, 4) is 11.1 Å². The molecule has 5 heteroatoms. The van der Waals surface area contributed by atoms with Crippen LogP contribution in [0.25, 0.3) is 11.1 Å². The molecule has 35 heavy (non-hydrogen) atoms. The van der Waals surface area contributed by atoms with Crippen LogP contribution < -0.4 is 0 Å². The van der Waals surface area contributed by atoms with Crippen molar-refractivity contribution in [2.24, 2.45) is 0 Å². The van der Waals surface area contributed by atoms with Crippen LogP contribution in [0.3, 0.4) is 0 Å². The molecule has 2 aliphatic rings. The highest BCUT2D eigenvalue weighted by atomic mass is 16.5. The first-order chi connectivity index (χ1) is 17.2. The van der Waals surface area contributed by atoms with E-state index in [-0.39, 0.29) is 18.6 Å². The van der Waals surface area contributed by atoms with Crippen LogP contribution in [0, 0.1) is 0 Å². The van der Waals surface area contributed by atoms with Gasteiger partial charge in [0, 0.05) is 19.1 Å². The van der Waals surface area contributed by atoms with Crippen molar-refractivity contribution in [2.75, 3.05) is 19.7 Å². The maximum absolute atomic E-state index is 10.7. The summed E-state index contributed by atoms with van der Waals surface area (Å²) in [6.45, 7) is 3.69. The van der Waals surface area contributed by atoms with Gasteiger partial charge in [-0.3, -0.25) is 9.69 Å². The van der Waals surface area contributed by atoms with E-state index in [4.69, 9.17) is 14.6 Å². The summed E-state index contributed by atoms with van der Waals surface area (Å²) >= 11 is 0. The number of carboxylic acids is 1. The van der Waals surface area contributed by atoms with E-state index < -0.39 is 5.97 Å². The molecule has 1 heterocycles. The smallest absolute Gasteiger partial charge is 0.303 e. The van der Waals surface area contributed by atoms with Crippen molar-refractivity contribution in [1.82, 2.24) is 4.90 Å². The van der Waals surface area contributed by atoms with Crippen LogP contribution in [0.15, 0.2) is 54.6 Å². The highest BCUT2D eigenvalue weighted by molar-refractivity contribution is 5.66. The highest BCUT2D eigenvalue weighted by Gasteiger charge is 2.41. The molecule has 0 amide bonds. The molecule has 1 saturated carbocycles. The zero-order chi connectivity index (χ0) is 24.3. The number of carbonyl (C=O) groups is 1. The van der Waals surface area contributed by atoms with Crippen LogP contribution in [-0.2, 0) is 20.9 Å². The fourth-order valence-electron chi connectivity index (χ4n) is 5.53. The molecule has 0 unspecified atom stereocenters. The topological polar surface area (TPSA) is 59.0 Å². The van der Waals surface area contributed by atoms with Gasteiger partial charge in [-0.25, -0.2) is 0 Å². The molecule has 3 atom stereocenters. The van der Waals surface area contributed by atoms with E-state index >= 15 is 0 Å². The molecule has 1 aliphatic heterocycles. The number of carboxylic acid groups (broad SMARTS) is 1. The number of ether oxygens (including phenoxy) is 2. The summed E-state index contributed by atoms with van der Waals surface area (Å²) in [5.74, 6) is -0.703. The molecule has 190 valence electrons. The van der Waals surface area contributed by atoms with Crippen LogP contribution >= 0.6 is 0 Å². The average Bonchev–Trinajstić information content (AvgIpc) is 3.30. The molecule has 0 bridgehead atoms. The zero-order valence-electron chi connectivity index (χ0n) is 20.9. The molecule has 0 spiro atoms. The van der Waals surface area contributed by atoms with E-state index in [1.54, 1.807) is 0 Å². The normalized spacial score (nSPS) is 22.9. The number of nitrogens with zero attached hydrogens (tertiary/aromatic N) is 1. The largest absolute Gasteiger partial charge is 0.481 e. The molecular formula is C30H41NO4. The Kier molecular flexibility index (Phi) is 10.2. The molecule has 2 fully saturated rings. The van der Waals surface area contributed by atoms with Gasteiger partial charge in [-0.15, -0.1) is 0 Å². The fraction of sp³-hybridized carbons (Fsp3) is 0.567. The van der Waals surface area contributed by atoms with E-state index in [1.165, 1.54) is 49.0 Å². The molecule has 1 N–H and O–H groups in total. The Morgan fingerprint density at radius 3 is 2.29 bits per heavy atom. The summed E-state index contributed by atoms with van der Waals surface area (Å²) in [7, 11) is 0. The summed E-state index contributed by atoms with van der Waals surface area (Å²) in [5.41, 5.74) is 3.66. The summed E-state index contributed by atoms with van der Waals surface area (Å²) in [5, 5.41) is 8.80. The third kappa shape index (κ3) is 7.89. The maximum atomic E-state index is 10.7. The van der Waals surface area contributed by atoms with Gasteiger partial charge in [-0.05, 0) is 68.3 Å². The zero-order valence-corrected chi connectivity index (χ0v) is 20.9. The highest BCUT2D eigenvalue weighted by Crippen LogP contribution is 2.32. The van der Waals surface area contributed by atoms with E-state index in [9.17, 15) is 4.79 Å². The number of piperidine rings is 1. The summed E-state index contributed by atoms with van der Waals surface area (Å²) in [4.78, 5) is 13.3. The number of aliphatic carboxylic acids is 1. The quantitative estimate of drug-likeness (QED) is 0.341. The minimum Gasteiger partial charge on any atom is -0.481 e. The Hall–Kier alpha value is -2.21. The minimum atomic E-state index is -0.703. The number of unbranched alkanes of at least 4 members (excludes halogenated alkanes) is 3. The second-order valence-electron chi connectivity index (χ2n) is 10.0. The molecule has 0 radical (unpaired) electrons. The second-order valence-corrected chi connectivity index (χ2v) is 10.0. The molecule has 2 aromatic rings. The maximum Gasteiger partial charge on any atom is 0.303 e. The lowest BCUT2D eigenvalue weighted by Gasteiger charge is -2.36. The molecule has 2 aromatic carbocycles. The van der Waals surface area contributed by atoms with Gasteiger partial charge in [0.2, 0.25) is 0 Å². The molecule has 1 aliphatic carbocycles. The molecule has 4 rings (SSSR count). The number of hydrogen-bond acceptors (Lipinski definition) is 4. The Morgan fingerprint density at radius 2 is 1.54 bits per heavy atom. The predicted octanol–water partition coefficient (Wildman–Crippen LogP) is 6.31. The number of benzene rings is 2. The molecule has 0 aromatic heterocycles. The molecule has 5 nitrogen and oxygen atoms in total. The van der Waals surface area contributed by atoms with Gasteiger partial charge < -0.3 is 14.6 Å². The average molecular weight is 480 g/mol. The number of likely N-dealkylation sites (tertiary alicyclic amines) is 1. The van der Waals surface area contributed by atoms with E-state index in [0.29, 0.717) is 12.6 Å². The number of hydrogen-bond donors (Lipinski definition) is 1. The SMILES string of the molecule is O=C(O)CCCCCCO[C@H]1[C@@H](OCc2ccc(-c3ccccc3)cc2)CC[C@@H]1N1CCCCC1. The van der Waals surface area contributed by atoms with E-state index in [2.05, 4.69) is 53.4 Å². The number of rotatable bonds is 13. The Balaban J connectivity index is 1.29. The van der Waals surface area contributed by atoms with Crippen molar-refractivity contribution in [2.45, 2.75) is 89.1 Å². The van der Waals surface area contributed by atoms with Crippen LogP contribution in [0.5, 0.6) is 0 Å². The van der Waals surface area contributed by atoms with Crippen LogP contribution in [0.1, 0.15) is 69.8 Å². The van der Waals surface area contributed by atoms with Crippen LogP contribution in [0.2, 0.25) is 0 Å². The third-order valence-electron chi connectivity index (χ3n) is 7.47. The molecule has 1 saturated heterocycles. The van der Waals surface area contributed by atoms with Gasteiger partial charge in [-0.2, -0.15) is 0 Å². The standard InChI is InChI=1S/C30H41NO4/c32-29(33)13-7-1-2-10-22-34-30-27(31-20-8-4-9-21-31)18-19-28(30)35-23-24-14-16-26(17-15-24)25-11-5-3-6-12-25/h3,5-6,11-12,14-17,27-28,30H,1-2,4,7-10,13,18-23H2,(H,32,33)/t27-,28-,30+/m0/s1. The summed E-state index contributed by atoms with van der Waals surface area (Å²) in [6.07, 6.45) is 10.3. The fourth-order valence-corrected chi connectivity index (χ4v) is 5.53. The van der Waals surface area contributed by atoms with Gasteiger partial charge in [0.15, 0.2) is 0 Å². The van der Waals surface area contributed by atoms with Gasteiger partial charge >= 0.3 is 5.97 Å². The second kappa shape index (κ2) is 13.8. The first-order valence-electron chi connectivity index (χ1n) is 13.5. The van der Waals surface area contributed by atoms with Crippen LogP contribution in [-0.4, -0.2) is 53.9 Å². The summed E-state index contributed by atoms with van der Waals surface area (Å²) < 4.78 is 13.0. The summed E-state index contributed by atoms with van der Waals surface area (Å²) in [6, 6.07) is 19.6. The Bertz CT molecular complexity index is 879. The molecular weight excluding hydrogens is 438 g/mol. The minimum absolute atomic E-state index is 0.121. The van der Waals surface area contributed by atoms with Gasteiger partial charge in [-0.1, -0.05) is 73.9 Å². The lowest BCUT2D eigenvalue weighted by atomic mass is 10.0. The monoisotopic (exact) mass is 479 g/mol. The van der Waals surface area contributed by atoms with Crippen molar-refractivity contribution in [1.29, 1.82) is 0 Å². The third-order valence-corrected chi connectivity index (χ3v) is 7.47. The van der Waals surface area contributed by atoms with Gasteiger partial charge in [0.25, 0.3) is 0 Å². The Morgan fingerprint density at radius 1 is 0.829 bits per heavy atom. The lowest BCUT2D eigenvalue weighted by molar-refractivity contribution is -0.137. The van der Waals surface area contributed by atoms with E-state index in [1.807, 2.05) is 6.07 Å². The first-order valence-corrected chi connectivity index (χ1v) is 13.5.